The third-order valence-corrected chi connectivity index (χ3v) is 3.29. The summed E-state index contributed by atoms with van der Waals surface area (Å²) in [6, 6.07) is 5.42. The average Bonchev–Trinajstić information content (AvgIpc) is 2.42. The Hall–Kier alpha value is -2.01. The fraction of sp³-hybridized carbons (Fsp3) is 0.200. The first-order valence-electron chi connectivity index (χ1n) is 6.22. The second-order valence-electron chi connectivity index (χ2n) is 4.68. The highest BCUT2D eigenvalue weighted by Crippen LogP contribution is 2.18. The molecule has 2 aromatic rings. The minimum Gasteiger partial charge on any atom is -0.389 e. The van der Waals surface area contributed by atoms with Gasteiger partial charge in [0.1, 0.15) is 10.8 Å². The third kappa shape index (κ3) is 3.11. The molecule has 0 bridgehead atoms. The molecular formula is C15H16FN3S. The van der Waals surface area contributed by atoms with Crippen molar-refractivity contribution < 1.29 is 4.39 Å². The molecule has 104 valence electrons. The highest BCUT2D eigenvalue weighted by atomic mass is 32.1. The largest absolute Gasteiger partial charge is 0.389 e. The van der Waals surface area contributed by atoms with Gasteiger partial charge in [-0.25, -0.2) is 4.39 Å². The smallest absolute Gasteiger partial charge is 0.129 e. The number of aryl methyl sites for hydroxylation is 2. The first kappa shape index (κ1) is 14.4. The molecule has 2 rings (SSSR count). The molecule has 0 aliphatic heterocycles. The maximum atomic E-state index is 13.6. The number of anilines is 1. The van der Waals surface area contributed by atoms with Crippen LogP contribution in [-0.4, -0.2) is 9.97 Å². The summed E-state index contributed by atoms with van der Waals surface area (Å²) in [6.07, 6.45) is 3.32. The first-order chi connectivity index (χ1) is 9.49. The Bertz CT molecular complexity index is 632. The minimum absolute atomic E-state index is 0.154. The Balaban J connectivity index is 2.19. The van der Waals surface area contributed by atoms with Crippen molar-refractivity contribution in [2.45, 2.75) is 20.4 Å². The van der Waals surface area contributed by atoms with E-state index < -0.39 is 0 Å². The quantitative estimate of drug-likeness (QED) is 0.849. The van der Waals surface area contributed by atoms with Crippen LogP contribution in [0.5, 0.6) is 0 Å². The van der Waals surface area contributed by atoms with Gasteiger partial charge in [0, 0.05) is 18.3 Å². The van der Waals surface area contributed by atoms with E-state index in [-0.39, 0.29) is 5.82 Å². The topological polar surface area (TPSA) is 50.9 Å². The minimum atomic E-state index is -0.154. The Morgan fingerprint density at radius 2 is 2.00 bits per heavy atom. The van der Waals surface area contributed by atoms with E-state index in [1.54, 1.807) is 32.3 Å². The van der Waals surface area contributed by atoms with Crippen molar-refractivity contribution in [3.63, 3.8) is 0 Å². The Morgan fingerprint density at radius 1 is 1.35 bits per heavy atom. The van der Waals surface area contributed by atoms with E-state index in [0.29, 0.717) is 22.7 Å². The molecule has 0 unspecified atom stereocenters. The fourth-order valence-corrected chi connectivity index (χ4v) is 2.26. The highest BCUT2D eigenvalue weighted by Gasteiger charge is 2.07. The molecule has 0 amide bonds. The van der Waals surface area contributed by atoms with Crippen LogP contribution in [0.15, 0.2) is 30.6 Å². The SMILES string of the molecule is Cc1cc(CNc2cnccc2C(N)=S)cc(C)c1F. The predicted octanol–water partition coefficient (Wildman–Crippen LogP) is 3.08. The highest BCUT2D eigenvalue weighted by molar-refractivity contribution is 7.80. The molecule has 0 fully saturated rings. The van der Waals surface area contributed by atoms with Gasteiger partial charge in [-0.3, -0.25) is 4.98 Å². The molecule has 0 radical (unpaired) electrons. The van der Waals surface area contributed by atoms with Gasteiger partial charge < -0.3 is 11.1 Å². The summed E-state index contributed by atoms with van der Waals surface area (Å²) in [5.74, 6) is -0.154. The van der Waals surface area contributed by atoms with Crippen molar-refractivity contribution in [3.8, 4) is 0 Å². The molecule has 0 aliphatic rings. The molecule has 5 heteroatoms. The molecule has 0 spiro atoms. The molecular weight excluding hydrogens is 273 g/mol. The number of thiocarbonyl (C=S) groups is 1. The van der Waals surface area contributed by atoms with Crippen LogP contribution < -0.4 is 11.1 Å². The van der Waals surface area contributed by atoms with Crippen LogP contribution in [0.3, 0.4) is 0 Å². The van der Waals surface area contributed by atoms with Gasteiger partial charge >= 0.3 is 0 Å². The van der Waals surface area contributed by atoms with Gasteiger partial charge in [-0.15, -0.1) is 0 Å². The van der Waals surface area contributed by atoms with E-state index in [9.17, 15) is 4.39 Å². The molecule has 20 heavy (non-hydrogen) atoms. The standard InChI is InChI=1S/C15H16FN3S/c1-9-5-11(6-10(2)14(9)16)7-19-13-8-18-4-3-12(13)15(17)20/h3-6,8,19H,7H2,1-2H3,(H2,17,20). The Labute approximate surface area is 123 Å². The second-order valence-corrected chi connectivity index (χ2v) is 5.12. The maximum absolute atomic E-state index is 13.6. The van der Waals surface area contributed by atoms with Gasteiger partial charge in [0.25, 0.3) is 0 Å². The van der Waals surface area contributed by atoms with E-state index in [2.05, 4.69) is 10.3 Å². The van der Waals surface area contributed by atoms with E-state index in [4.69, 9.17) is 18.0 Å². The number of nitrogens with one attached hydrogen (secondary N) is 1. The summed E-state index contributed by atoms with van der Waals surface area (Å²) in [6.45, 7) is 4.08. The monoisotopic (exact) mass is 289 g/mol. The van der Waals surface area contributed by atoms with Crippen LogP contribution in [0.4, 0.5) is 10.1 Å². The number of halogens is 1. The number of rotatable bonds is 4. The number of aromatic nitrogens is 1. The molecule has 0 atom stereocenters. The van der Waals surface area contributed by atoms with Crippen LogP contribution in [0.2, 0.25) is 0 Å². The first-order valence-corrected chi connectivity index (χ1v) is 6.63. The number of pyridine rings is 1. The lowest BCUT2D eigenvalue weighted by molar-refractivity contribution is 0.608. The molecule has 3 N–H and O–H groups in total. The van der Waals surface area contributed by atoms with Crippen molar-refractivity contribution in [1.29, 1.82) is 0 Å². The zero-order valence-electron chi connectivity index (χ0n) is 11.4. The van der Waals surface area contributed by atoms with Gasteiger partial charge in [0.05, 0.1) is 11.9 Å². The van der Waals surface area contributed by atoms with Crippen LogP contribution in [0, 0.1) is 19.7 Å². The van der Waals surface area contributed by atoms with Crippen LogP contribution in [0.25, 0.3) is 0 Å². The van der Waals surface area contributed by atoms with Crippen molar-refractivity contribution in [3.05, 3.63) is 58.7 Å². The van der Waals surface area contributed by atoms with Gasteiger partial charge in [-0.1, -0.05) is 24.4 Å². The van der Waals surface area contributed by atoms with Crippen molar-refractivity contribution in [2.24, 2.45) is 5.73 Å². The number of nitrogens with two attached hydrogens (primary N) is 1. The second kappa shape index (κ2) is 5.96. The Morgan fingerprint density at radius 3 is 2.60 bits per heavy atom. The van der Waals surface area contributed by atoms with Crippen LogP contribution in [-0.2, 0) is 6.54 Å². The Kier molecular flexibility index (Phi) is 4.29. The lowest BCUT2D eigenvalue weighted by Crippen LogP contribution is -2.13. The molecule has 0 saturated carbocycles. The van der Waals surface area contributed by atoms with Crippen molar-refractivity contribution >= 4 is 22.9 Å². The number of hydrogen-bond donors (Lipinski definition) is 2. The summed E-state index contributed by atoms with van der Waals surface area (Å²) < 4.78 is 13.6. The number of benzene rings is 1. The number of hydrogen-bond acceptors (Lipinski definition) is 3. The van der Waals surface area contributed by atoms with E-state index in [1.165, 1.54) is 0 Å². The van der Waals surface area contributed by atoms with E-state index in [1.807, 2.05) is 12.1 Å². The molecule has 0 aliphatic carbocycles. The normalized spacial score (nSPS) is 10.3. The molecule has 3 nitrogen and oxygen atoms in total. The van der Waals surface area contributed by atoms with E-state index in [0.717, 1.165) is 16.8 Å². The maximum Gasteiger partial charge on any atom is 0.129 e. The third-order valence-electron chi connectivity index (χ3n) is 3.07. The van der Waals surface area contributed by atoms with E-state index >= 15 is 0 Å². The lowest BCUT2D eigenvalue weighted by Gasteiger charge is -2.12. The van der Waals surface area contributed by atoms with Gasteiger partial charge in [0.15, 0.2) is 0 Å². The fourth-order valence-electron chi connectivity index (χ4n) is 2.09. The van der Waals surface area contributed by atoms with Crippen LogP contribution >= 0.6 is 12.2 Å². The van der Waals surface area contributed by atoms with Gasteiger partial charge in [0.2, 0.25) is 0 Å². The summed E-state index contributed by atoms with van der Waals surface area (Å²) in [7, 11) is 0. The van der Waals surface area contributed by atoms with Crippen molar-refractivity contribution in [2.75, 3.05) is 5.32 Å². The zero-order chi connectivity index (χ0) is 14.7. The van der Waals surface area contributed by atoms with Gasteiger partial charge in [-0.2, -0.15) is 0 Å². The van der Waals surface area contributed by atoms with Crippen LogP contribution in [0.1, 0.15) is 22.3 Å². The van der Waals surface area contributed by atoms with Crippen molar-refractivity contribution in [1.82, 2.24) is 4.98 Å². The zero-order valence-corrected chi connectivity index (χ0v) is 12.2. The predicted molar refractivity (Wildman–Crippen MR) is 83.3 cm³/mol. The number of nitrogens with zero attached hydrogens (tertiary/aromatic N) is 1. The molecule has 0 saturated heterocycles. The molecule has 1 heterocycles. The van der Waals surface area contributed by atoms with Gasteiger partial charge in [-0.05, 0) is 36.6 Å². The lowest BCUT2D eigenvalue weighted by atomic mass is 10.1. The molecule has 1 aromatic heterocycles. The summed E-state index contributed by atoms with van der Waals surface area (Å²) in [4.78, 5) is 4.37. The summed E-state index contributed by atoms with van der Waals surface area (Å²) in [5.41, 5.74) is 9.48. The summed E-state index contributed by atoms with van der Waals surface area (Å²) in [5, 5.41) is 3.23. The average molecular weight is 289 g/mol. The summed E-state index contributed by atoms with van der Waals surface area (Å²) >= 11 is 5.00. The molecule has 1 aromatic carbocycles.